The van der Waals surface area contributed by atoms with E-state index in [9.17, 15) is 14.7 Å². The fourth-order valence-corrected chi connectivity index (χ4v) is 3.27. The standard InChI is InChI=1S/C26H37N3O5/c1-6-18(12-15-24(30)29(5)23(25(31)32)17-33-26(2,3)4)28-22-16-20(13-14-21(22)27)34-19-10-8-7-9-11-19/h7-11,13-14,16,18,23,28H,6,12,15,17,27H2,1-5H3,(H,31,32)/t18-,23+/m1/s1. The summed E-state index contributed by atoms with van der Waals surface area (Å²) in [6.07, 6.45) is 1.48. The smallest absolute Gasteiger partial charge is 0.328 e. The summed E-state index contributed by atoms with van der Waals surface area (Å²) in [5.41, 5.74) is 6.97. The predicted octanol–water partition coefficient (Wildman–Crippen LogP) is 4.76. The molecule has 0 aliphatic rings. The number of ether oxygens (including phenoxy) is 2. The van der Waals surface area contributed by atoms with Crippen LogP contribution in [-0.4, -0.2) is 53.2 Å². The van der Waals surface area contributed by atoms with Crippen LogP contribution in [0.15, 0.2) is 48.5 Å². The van der Waals surface area contributed by atoms with Crippen LogP contribution in [0.4, 0.5) is 11.4 Å². The van der Waals surface area contributed by atoms with Crippen molar-refractivity contribution in [2.45, 2.75) is 64.6 Å². The van der Waals surface area contributed by atoms with Gasteiger partial charge in [0, 0.05) is 25.6 Å². The van der Waals surface area contributed by atoms with Crippen molar-refractivity contribution in [3.63, 3.8) is 0 Å². The number of nitrogen functional groups attached to an aromatic ring is 1. The average Bonchev–Trinajstić information content (AvgIpc) is 2.78. The van der Waals surface area contributed by atoms with E-state index in [1.165, 1.54) is 11.9 Å². The third kappa shape index (κ3) is 8.59. The number of rotatable bonds is 12. The van der Waals surface area contributed by atoms with E-state index in [0.717, 1.165) is 17.9 Å². The van der Waals surface area contributed by atoms with Crippen molar-refractivity contribution in [3.8, 4) is 11.5 Å². The third-order valence-electron chi connectivity index (χ3n) is 5.38. The van der Waals surface area contributed by atoms with Gasteiger partial charge in [0.25, 0.3) is 0 Å². The first-order valence-electron chi connectivity index (χ1n) is 11.5. The van der Waals surface area contributed by atoms with E-state index in [-0.39, 0.29) is 25.0 Å². The lowest BCUT2D eigenvalue weighted by Gasteiger charge is -2.29. The number of benzene rings is 2. The van der Waals surface area contributed by atoms with Gasteiger partial charge in [-0.05, 0) is 57.9 Å². The minimum Gasteiger partial charge on any atom is -0.480 e. The lowest BCUT2D eigenvalue weighted by molar-refractivity contribution is -0.154. The fourth-order valence-electron chi connectivity index (χ4n) is 3.27. The minimum absolute atomic E-state index is 0.0271. The number of nitrogens with zero attached hydrogens (tertiary/aromatic N) is 1. The number of nitrogens with one attached hydrogen (secondary N) is 1. The molecule has 0 heterocycles. The van der Waals surface area contributed by atoms with Gasteiger partial charge in [0.1, 0.15) is 11.5 Å². The molecule has 186 valence electrons. The molecule has 0 aliphatic carbocycles. The number of aliphatic carboxylic acids is 1. The summed E-state index contributed by atoms with van der Waals surface area (Å²) >= 11 is 0. The van der Waals surface area contributed by atoms with Crippen LogP contribution in [0, 0.1) is 0 Å². The topological polar surface area (TPSA) is 114 Å². The molecule has 0 spiro atoms. The second kappa shape index (κ2) is 12.3. The summed E-state index contributed by atoms with van der Waals surface area (Å²) in [4.78, 5) is 25.7. The van der Waals surface area contributed by atoms with Gasteiger partial charge in [0.05, 0.1) is 23.6 Å². The van der Waals surface area contributed by atoms with Crippen LogP contribution in [-0.2, 0) is 14.3 Å². The van der Waals surface area contributed by atoms with Gasteiger partial charge in [0.15, 0.2) is 6.04 Å². The van der Waals surface area contributed by atoms with Gasteiger partial charge >= 0.3 is 5.97 Å². The van der Waals surface area contributed by atoms with Crippen LogP contribution in [0.2, 0.25) is 0 Å². The number of hydrogen-bond acceptors (Lipinski definition) is 6. The molecule has 0 bridgehead atoms. The Kier molecular flexibility index (Phi) is 9.74. The highest BCUT2D eigenvalue weighted by Gasteiger charge is 2.28. The highest BCUT2D eigenvalue weighted by Crippen LogP contribution is 2.29. The Hall–Kier alpha value is -3.26. The van der Waals surface area contributed by atoms with E-state index in [1.54, 1.807) is 12.1 Å². The number of likely N-dealkylation sites (N-methyl/N-ethyl adjacent to an activating group) is 1. The first-order valence-corrected chi connectivity index (χ1v) is 11.5. The molecule has 0 saturated heterocycles. The first kappa shape index (κ1) is 27.0. The molecule has 0 saturated carbocycles. The Morgan fingerprint density at radius 2 is 1.79 bits per heavy atom. The molecule has 2 atom stereocenters. The van der Waals surface area contributed by atoms with E-state index in [1.807, 2.05) is 64.1 Å². The van der Waals surface area contributed by atoms with E-state index in [2.05, 4.69) is 5.32 Å². The second-order valence-corrected chi connectivity index (χ2v) is 9.23. The maximum Gasteiger partial charge on any atom is 0.328 e. The Balaban J connectivity index is 1.99. The van der Waals surface area contributed by atoms with Gasteiger partial charge in [-0.3, -0.25) is 4.79 Å². The van der Waals surface area contributed by atoms with Crippen molar-refractivity contribution >= 4 is 23.3 Å². The Labute approximate surface area is 202 Å². The zero-order chi connectivity index (χ0) is 25.3. The van der Waals surface area contributed by atoms with Crippen LogP contribution >= 0.6 is 0 Å². The van der Waals surface area contributed by atoms with Crippen molar-refractivity contribution in [2.24, 2.45) is 0 Å². The van der Waals surface area contributed by atoms with Crippen LogP contribution in [0.3, 0.4) is 0 Å². The predicted molar refractivity (Wildman–Crippen MR) is 134 cm³/mol. The highest BCUT2D eigenvalue weighted by molar-refractivity contribution is 5.83. The quantitative estimate of drug-likeness (QED) is 0.382. The lowest BCUT2D eigenvalue weighted by Crippen LogP contribution is -2.46. The van der Waals surface area contributed by atoms with E-state index >= 15 is 0 Å². The molecular weight excluding hydrogens is 434 g/mol. The Morgan fingerprint density at radius 1 is 1.12 bits per heavy atom. The number of carboxylic acid groups (broad SMARTS) is 1. The van der Waals surface area contributed by atoms with Gasteiger partial charge in [-0.15, -0.1) is 0 Å². The third-order valence-corrected chi connectivity index (χ3v) is 5.38. The summed E-state index contributed by atoms with van der Waals surface area (Å²) in [6.45, 7) is 7.48. The van der Waals surface area contributed by atoms with Crippen LogP contribution in [0.1, 0.15) is 47.0 Å². The van der Waals surface area contributed by atoms with E-state index < -0.39 is 17.6 Å². The normalized spacial score (nSPS) is 13.1. The Morgan fingerprint density at radius 3 is 2.38 bits per heavy atom. The molecule has 34 heavy (non-hydrogen) atoms. The van der Waals surface area contributed by atoms with E-state index in [4.69, 9.17) is 15.2 Å². The number of anilines is 2. The maximum absolute atomic E-state index is 12.7. The molecule has 1 amide bonds. The number of carboxylic acids is 1. The lowest BCUT2D eigenvalue weighted by atomic mass is 10.1. The minimum atomic E-state index is -1.09. The van der Waals surface area contributed by atoms with Gasteiger partial charge in [0.2, 0.25) is 5.91 Å². The average molecular weight is 472 g/mol. The molecule has 8 nitrogen and oxygen atoms in total. The number of carbonyl (C=O) groups excluding carboxylic acids is 1. The molecule has 4 N–H and O–H groups in total. The summed E-state index contributed by atoms with van der Waals surface area (Å²) in [5, 5.41) is 13.0. The van der Waals surface area contributed by atoms with Gasteiger partial charge in [-0.1, -0.05) is 25.1 Å². The fraction of sp³-hybridized carbons (Fsp3) is 0.462. The van der Waals surface area contributed by atoms with Crippen molar-refractivity contribution in [2.75, 3.05) is 24.7 Å². The second-order valence-electron chi connectivity index (χ2n) is 9.23. The van der Waals surface area contributed by atoms with Gasteiger partial charge in [-0.25, -0.2) is 4.79 Å². The SMILES string of the molecule is CC[C@H](CCC(=O)N(C)[C@@H](COC(C)(C)C)C(=O)O)Nc1cc(Oc2ccccc2)ccc1N. The Bertz CT molecular complexity index is 943. The van der Waals surface area contributed by atoms with Crippen LogP contribution < -0.4 is 15.8 Å². The molecule has 0 unspecified atom stereocenters. The molecular formula is C26H37N3O5. The van der Waals surface area contributed by atoms with Crippen molar-refractivity contribution in [1.29, 1.82) is 0 Å². The van der Waals surface area contributed by atoms with Crippen molar-refractivity contribution in [1.82, 2.24) is 4.90 Å². The van der Waals surface area contributed by atoms with E-state index in [0.29, 0.717) is 17.9 Å². The molecule has 0 fully saturated rings. The van der Waals surface area contributed by atoms with Crippen molar-refractivity contribution < 1.29 is 24.2 Å². The molecule has 8 heteroatoms. The number of nitrogens with two attached hydrogens (primary N) is 1. The largest absolute Gasteiger partial charge is 0.480 e. The summed E-state index contributed by atoms with van der Waals surface area (Å²) in [5.74, 6) is 0.0339. The van der Waals surface area contributed by atoms with Gasteiger partial charge < -0.3 is 30.5 Å². The van der Waals surface area contributed by atoms with Crippen LogP contribution in [0.25, 0.3) is 0 Å². The first-order chi connectivity index (χ1) is 16.0. The molecule has 0 aromatic heterocycles. The zero-order valence-corrected chi connectivity index (χ0v) is 20.7. The molecule has 2 aromatic rings. The number of carbonyl (C=O) groups is 2. The highest BCUT2D eigenvalue weighted by atomic mass is 16.5. The zero-order valence-electron chi connectivity index (χ0n) is 20.7. The number of para-hydroxylation sites is 1. The summed E-state index contributed by atoms with van der Waals surface area (Å²) < 4.78 is 11.5. The molecule has 2 rings (SSSR count). The monoisotopic (exact) mass is 471 g/mol. The maximum atomic E-state index is 12.7. The van der Waals surface area contributed by atoms with Crippen LogP contribution in [0.5, 0.6) is 11.5 Å². The van der Waals surface area contributed by atoms with Crippen molar-refractivity contribution in [3.05, 3.63) is 48.5 Å². The summed E-state index contributed by atoms with van der Waals surface area (Å²) in [7, 11) is 1.50. The molecule has 0 radical (unpaired) electrons. The van der Waals surface area contributed by atoms with Gasteiger partial charge in [-0.2, -0.15) is 0 Å². The molecule has 2 aromatic carbocycles. The number of hydrogen-bond donors (Lipinski definition) is 3. The number of amides is 1. The summed E-state index contributed by atoms with van der Waals surface area (Å²) in [6, 6.07) is 13.8. The molecule has 0 aliphatic heterocycles.